The van der Waals surface area contributed by atoms with Gasteiger partial charge in [-0.1, -0.05) is 22.0 Å². The molecule has 1 N–H and O–H groups in total. The van der Waals surface area contributed by atoms with Gasteiger partial charge in [0, 0.05) is 4.47 Å². The van der Waals surface area contributed by atoms with E-state index in [1.165, 1.54) is 0 Å². The summed E-state index contributed by atoms with van der Waals surface area (Å²) < 4.78 is 34.6. The maximum absolute atomic E-state index is 12.6. The van der Waals surface area contributed by atoms with Gasteiger partial charge < -0.3 is 4.74 Å². The first-order valence-corrected chi connectivity index (χ1v) is 9.63. The predicted molar refractivity (Wildman–Crippen MR) is 93.4 cm³/mol. The molecule has 0 aromatic heterocycles. The maximum Gasteiger partial charge on any atom is 0.240 e. The van der Waals surface area contributed by atoms with Crippen molar-refractivity contribution in [3.05, 3.63) is 57.6 Å². The van der Waals surface area contributed by atoms with E-state index < -0.39 is 10.0 Å². The van der Waals surface area contributed by atoms with Crippen LogP contribution >= 0.6 is 15.9 Å². The van der Waals surface area contributed by atoms with Crippen molar-refractivity contribution in [2.75, 3.05) is 6.61 Å². The van der Waals surface area contributed by atoms with Gasteiger partial charge in [0.15, 0.2) is 0 Å². The van der Waals surface area contributed by atoms with Crippen LogP contribution < -0.4 is 9.46 Å². The third-order valence-corrected chi connectivity index (χ3v) is 5.75. The van der Waals surface area contributed by atoms with E-state index in [0.29, 0.717) is 17.9 Å². The van der Waals surface area contributed by atoms with E-state index in [4.69, 9.17) is 4.74 Å². The fourth-order valence-corrected chi connectivity index (χ4v) is 4.63. The standard InChI is InChI=1S/C17H18BrNO3S/c1-11-5-12(2)7-16(6-11)23(20,21)19-15-9-13-8-14(18)3-4-17(13)22-10-15/h3-8,15,19H,9-10H2,1-2H3. The van der Waals surface area contributed by atoms with Crippen molar-refractivity contribution in [3.8, 4) is 5.75 Å². The van der Waals surface area contributed by atoms with Crippen LogP contribution in [0.15, 0.2) is 45.8 Å². The van der Waals surface area contributed by atoms with Gasteiger partial charge >= 0.3 is 0 Å². The molecule has 0 bridgehead atoms. The number of fused-ring (bicyclic) bond motifs is 1. The number of ether oxygens (including phenoxy) is 1. The summed E-state index contributed by atoms with van der Waals surface area (Å²) in [6.45, 7) is 4.12. The summed E-state index contributed by atoms with van der Waals surface area (Å²) in [4.78, 5) is 0.301. The number of sulfonamides is 1. The van der Waals surface area contributed by atoms with Gasteiger partial charge in [-0.25, -0.2) is 13.1 Å². The van der Waals surface area contributed by atoms with Gasteiger partial charge in [-0.05, 0) is 67.3 Å². The van der Waals surface area contributed by atoms with Gasteiger partial charge in [0.25, 0.3) is 0 Å². The van der Waals surface area contributed by atoms with Crippen LogP contribution in [0.25, 0.3) is 0 Å². The third kappa shape index (κ3) is 3.76. The number of aryl methyl sites for hydroxylation is 2. The number of hydrogen-bond acceptors (Lipinski definition) is 3. The van der Waals surface area contributed by atoms with Gasteiger partial charge in [-0.2, -0.15) is 0 Å². The van der Waals surface area contributed by atoms with Gasteiger partial charge in [0.05, 0.1) is 10.9 Å². The molecule has 23 heavy (non-hydrogen) atoms. The summed E-state index contributed by atoms with van der Waals surface area (Å²) in [5.74, 6) is 0.815. The SMILES string of the molecule is Cc1cc(C)cc(S(=O)(=O)NC2COc3ccc(Br)cc3C2)c1. The number of rotatable bonds is 3. The molecule has 1 heterocycles. The Kier molecular flexibility index (Phi) is 4.49. The molecule has 2 aromatic rings. The Hall–Kier alpha value is -1.37. The molecule has 3 rings (SSSR count). The lowest BCUT2D eigenvalue weighted by Gasteiger charge is -2.26. The van der Waals surface area contributed by atoms with E-state index in [1.54, 1.807) is 12.1 Å². The summed E-state index contributed by atoms with van der Waals surface area (Å²) in [7, 11) is -3.56. The normalized spacial score (nSPS) is 17.4. The average molecular weight is 396 g/mol. The molecule has 0 saturated heterocycles. The summed E-state index contributed by atoms with van der Waals surface area (Å²) in [6, 6.07) is 10.8. The molecule has 2 aromatic carbocycles. The molecule has 0 saturated carbocycles. The first-order chi connectivity index (χ1) is 10.8. The Morgan fingerprint density at radius 2 is 1.83 bits per heavy atom. The van der Waals surface area contributed by atoms with E-state index in [9.17, 15) is 8.42 Å². The van der Waals surface area contributed by atoms with Gasteiger partial charge in [0.1, 0.15) is 12.4 Å². The molecule has 0 radical (unpaired) electrons. The highest BCUT2D eigenvalue weighted by Crippen LogP contribution is 2.28. The molecule has 122 valence electrons. The predicted octanol–water partition coefficient (Wildman–Crippen LogP) is 3.35. The van der Waals surface area contributed by atoms with Crippen LogP contribution in [0, 0.1) is 13.8 Å². The topological polar surface area (TPSA) is 55.4 Å². The smallest absolute Gasteiger partial charge is 0.240 e. The number of halogens is 1. The van der Waals surface area contributed by atoms with Crippen molar-refractivity contribution in [1.82, 2.24) is 4.72 Å². The Balaban J connectivity index is 1.81. The lowest BCUT2D eigenvalue weighted by Crippen LogP contribution is -2.42. The fraction of sp³-hybridized carbons (Fsp3) is 0.294. The zero-order valence-corrected chi connectivity index (χ0v) is 15.4. The Morgan fingerprint density at radius 1 is 1.13 bits per heavy atom. The Bertz CT molecular complexity index is 829. The van der Waals surface area contributed by atoms with Crippen LogP contribution in [0.4, 0.5) is 0 Å². The van der Waals surface area contributed by atoms with Crippen molar-refractivity contribution in [1.29, 1.82) is 0 Å². The first kappa shape index (κ1) is 16.5. The van der Waals surface area contributed by atoms with Gasteiger partial charge in [-0.3, -0.25) is 0 Å². The minimum absolute atomic E-state index is 0.275. The van der Waals surface area contributed by atoms with E-state index in [1.807, 2.05) is 38.1 Å². The molecule has 1 atom stereocenters. The lowest BCUT2D eigenvalue weighted by atomic mass is 10.0. The molecule has 6 heteroatoms. The summed E-state index contributed by atoms with van der Waals surface area (Å²) in [6.07, 6.45) is 0.610. The second-order valence-corrected chi connectivity index (χ2v) is 8.54. The quantitative estimate of drug-likeness (QED) is 0.866. The Morgan fingerprint density at radius 3 is 2.52 bits per heavy atom. The monoisotopic (exact) mass is 395 g/mol. The highest BCUT2D eigenvalue weighted by molar-refractivity contribution is 9.10. The van der Waals surface area contributed by atoms with Crippen LogP contribution in [0.5, 0.6) is 5.75 Å². The van der Waals surface area contributed by atoms with Crippen molar-refractivity contribution >= 4 is 26.0 Å². The summed E-state index contributed by atoms with van der Waals surface area (Å²) in [5, 5.41) is 0. The Labute approximate surface area is 145 Å². The van der Waals surface area contributed by atoms with Crippen molar-refractivity contribution in [2.45, 2.75) is 31.2 Å². The summed E-state index contributed by atoms with van der Waals surface area (Å²) >= 11 is 3.43. The van der Waals surface area contributed by atoms with E-state index in [-0.39, 0.29) is 6.04 Å². The summed E-state index contributed by atoms with van der Waals surface area (Å²) in [5.41, 5.74) is 2.86. The highest BCUT2D eigenvalue weighted by Gasteiger charge is 2.25. The second kappa shape index (κ2) is 6.26. The van der Waals surface area contributed by atoms with E-state index >= 15 is 0 Å². The van der Waals surface area contributed by atoms with Crippen molar-refractivity contribution in [2.24, 2.45) is 0 Å². The molecule has 0 fully saturated rings. The molecule has 0 aliphatic carbocycles. The highest BCUT2D eigenvalue weighted by atomic mass is 79.9. The molecule has 4 nitrogen and oxygen atoms in total. The van der Waals surface area contributed by atoms with Crippen LogP contribution in [-0.4, -0.2) is 21.1 Å². The molecule has 0 spiro atoms. The maximum atomic E-state index is 12.6. The van der Waals surface area contributed by atoms with Crippen LogP contribution in [0.3, 0.4) is 0 Å². The zero-order valence-electron chi connectivity index (χ0n) is 13.0. The van der Waals surface area contributed by atoms with Gasteiger partial charge in [0.2, 0.25) is 10.0 Å². The lowest BCUT2D eigenvalue weighted by molar-refractivity contribution is 0.254. The zero-order chi connectivity index (χ0) is 16.6. The van der Waals surface area contributed by atoms with E-state index in [0.717, 1.165) is 26.9 Å². The van der Waals surface area contributed by atoms with Gasteiger partial charge in [-0.15, -0.1) is 0 Å². The van der Waals surface area contributed by atoms with Crippen LogP contribution in [0.2, 0.25) is 0 Å². The molecule has 0 amide bonds. The van der Waals surface area contributed by atoms with Crippen LogP contribution in [-0.2, 0) is 16.4 Å². The number of benzene rings is 2. The molecular weight excluding hydrogens is 378 g/mol. The minimum Gasteiger partial charge on any atom is -0.492 e. The molecular formula is C17H18BrNO3S. The molecule has 1 aliphatic heterocycles. The van der Waals surface area contributed by atoms with Crippen molar-refractivity contribution in [3.63, 3.8) is 0 Å². The second-order valence-electron chi connectivity index (χ2n) is 5.91. The van der Waals surface area contributed by atoms with Crippen molar-refractivity contribution < 1.29 is 13.2 Å². The number of nitrogens with one attached hydrogen (secondary N) is 1. The number of hydrogen-bond donors (Lipinski definition) is 1. The molecule has 1 unspecified atom stereocenters. The van der Waals surface area contributed by atoms with E-state index in [2.05, 4.69) is 20.7 Å². The third-order valence-electron chi connectivity index (χ3n) is 3.76. The fourth-order valence-electron chi connectivity index (χ4n) is 2.81. The first-order valence-electron chi connectivity index (χ1n) is 7.35. The van der Waals surface area contributed by atoms with Crippen LogP contribution in [0.1, 0.15) is 16.7 Å². The average Bonchev–Trinajstić information content (AvgIpc) is 2.45. The minimum atomic E-state index is -3.56. The largest absolute Gasteiger partial charge is 0.492 e. The molecule has 1 aliphatic rings.